The third kappa shape index (κ3) is 8.47. The van der Waals surface area contributed by atoms with E-state index >= 15 is 0 Å². The number of rotatable bonds is 9. The van der Waals surface area contributed by atoms with Crippen LogP contribution in [0, 0.1) is 11.6 Å². The summed E-state index contributed by atoms with van der Waals surface area (Å²) < 4.78 is 27.6. The second-order valence-electron chi connectivity index (χ2n) is 11.6. The number of aliphatic hydroxyl groups excluding tert-OH is 1. The van der Waals surface area contributed by atoms with E-state index in [1.54, 1.807) is 7.05 Å². The number of carbonyl (C=O) groups excluding carboxylic acids is 2. The van der Waals surface area contributed by atoms with E-state index in [1.807, 2.05) is 6.07 Å². The zero-order valence-electron chi connectivity index (χ0n) is 23.5. The van der Waals surface area contributed by atoms with Gasteiger partial charge >= 0.3 is 6.03 Å². The maximum Gasteiger partial charge on any atom is 0.314 e. The van der Waals surface area contributed by atoms with E-state index in [-0.39, 0.29) is 36.4 Å². The number of amides is 3. The summed E-state index contributed by atoms with van der Waals surface area (Å²) in [5.74, 6) is -1.76. The van der Waals surface area contributed by atoms with Crippen LogP contribution in [-0.4, -0.2) is 48.8 Å². The van der Waals surface area contributed by atoms with Crippen LogP contribution in [0.15, 0.2) is 42.5 Å². The Balaban J connectivity index is 1.84. The summed E-state index contributed by atoms with van der Waals surface area (Å²) in [7, 11) is 1.59. The Morgan fingerprint density at radius 3 is 2.28 bits per heavy atom. The third-order valence-corrected chi connectivity index (χ3v) is 7.56. The minimum absolute atomic E-state index is 0.0330. The fraction of sp³-hybridized carbons (Fsp3) is 0.533. The molecule has 214 valence electrons. The van der Waals surface area contributed by atoms with Gasteiger partial charge in [-0.3, -0.25) is 4.79 Å². The zero-order chi connectivity index (χ0) is 28.8. The smallest absolute Gasteiger partial charge is 0.314 e. The molecule has 0 aliphatic heterocycles. The molecule has 3 amide bonds. The molecule has 3 rings (SSSR count). The van der Waals surface area contributed by atoms with Crippen molar-refractivity contribution in [1.82, 2.24) is 21.3 Å². The molecule has 5 N–H and O–H groups in total. The lowest BCUT2D eigenvalue weighted by atomic mass is 9.73. The molecule has 0 spiro atoms. The molecule has 2 aromatic rings. The first-order valence-electron chi connectivity index (χ1n) is 13.6. The van der Waals surface area contributed by atoms with Gasteiger partial charge in [0.25, 0.3) is 0 Å². The average molecular weight is 545 g/mol. The SMILES string of the molecule is CNC(=O)NC1CCC(NC[C@@H](O)C(Cc2cc(F)cc(F)c2)NC(C)=O)(c2cccc(C(C)(C)C)c2)CC1. The Morgan fingerprint density at radius 1 is 1.08 bits per heavy atom. The van der Waals surface area contributed by atoms with Crippen molar-refractivity contribution in [2.45, 2.75) is 88.9 Å². The van der Waals surface area contributed by atoms with E-state index in [1.165, 1.54) is 24.6 Å². The van der Waals surface area contributed by atoms with E-state index in [0.717, 1.165) is 37.3 Å². The van der Waals surface area contributed by atoms with Crippen molar-refractivity contribution in [1.29, 1.82) is 0 Å². The zero-order valence-corrected chi connectivity index (χ0v) is 23.5. The highest BCUT2D eigenvalue weighted by Gasteiger charge is 2.38. The van der Waals surface area contributed by atoms with Crippen LogP contribution in [-0.2, 0) is 22.2 Å². The second-order valence-corrected chi connectivity index (χ2v) is 11.6. The molecule has 39 heavy (non-hydrogen) atoms. The lowest BCUT2D eigenvalue weighted by Gasteiger charge is -2.43. The molecule has 0 aromatic heterocycles. The average Bonchev–Trinajstić information content (AvgIpc) is 2.86. The molecule has 0 radical (unpaired) electrons. The van der Waals surface area contributed by atoms with Crippen molar-refractivity contribution in [3.8, 4) is 0 Å². The van der Waals surface area contributed by atoms with Gasteiger partial charge in [-0.15, -0.1) is 0 Å². The van der Waals surface area contributed by atoms with Gasteiger partial charge in [0.05, 0.1) is 12.1 Å². The summed E-state index contributed by atoms with van der Waals surface area (Å²) in [4.78, 5) is 23.8. The molecule has 0 bridgehead atoms. The summed E-state index contributed by atoms with van der Waals surface area (Å²) in [6, 6.07) is 10.7. The van der Waals surface area contributed by atoms with E-state index in [2.05, 4.69) is 60.2 Å². The van der Waals surface area contributed by atoms with Crippen molar-refractivity contribution in [2.75, 3.05) is 13.6 Å². The van der Waals surface area contributed by atoms with Crippen LogP contribution >= 0.6 is 0 Å². The predicted octanol–water partition coefficient (Wildman–Crippen LogP) is 4.03. The van der Waals surface area contributed by atoms with Crippen LogP contribution in [0.3, 0.4) is 0 Å². The van der Waals surface area contributed by atoms with Gasteiger partial charge in [0.2, 0.25) is 5.91 Å². The molecule has 1 fully saturated rings. The standard InChI is InChI=1S/C30H42F2N4O3/c1-19(37)35-26(15-20-13-23(31)17-24(32)14-20)27(38)18-34-30(11-9-25(10-12-30)36-28(39)33-5)22-8-6-7-21(16-22)29(2,3)4/h6-8,13-14,16-17,25-27,34,38H,9-12,15,18H2,1-5H3,(H,35,37)(H2,33,36,39)/t25?,26?,27-,30?/m1/s1. The van der Waals surface area contributed by atoms with Gasteiger partial charge in [-0.1, -0.05) is 45.0 Å². The van der Waals surface area contributed by atoms with Crippen LogP contribution in [0.5, 0.6) is 0 Å². The topological polar surface area (TPSA) is 102 Å². The lowest BCUT2D eigenvalue weighted by molar-refractivity contribution is -0.120. The van der Waals surface area contributed by atoms with Crippen LogP contribution in [0.4, 0.5) is 13.6 Å². The van der Waals surface area contributed by atoms with Crippen molar-refractivity contribution in [3.05, 3.63) is 70.8 Å². The van der Waals surface area contributed by atoms with Gasteiger partial charge in [-0.25, -0.2) is 13.6 Å². The van der Waals surface area contributed by atoms with Crippen molar-refractivity contribution in [3.63, 3.8) is 0 Å². The highest BCUT2D eigenvalue weighted by molar-refractivity contribution is 5.74. The Kier molecular flexibility index (Phi) is 10.1. The molecule has 2 atom stereocenters. The molecule has 1 aliphatic carbocycles. The number of benzene rings is 2. The number of hydrogen-bond acceptors (Lipinski definition) is 4. The predicted molar refractivity (Wildman–Crippen MR) is 148 cm³/mol. The lowest BCUT2D eigenvalue weighted by Crippen LogP contribution is -2.55. The minimum Gasteiger partial charge on any atom is -0.390 e. The van der Waals surface area contributed by atoms with Crippen LogP contribution < -0.4 is 21.3 Å². The summed E-state index contributed by atoms with van der Waals surface area (Å²) in [6.07, 6.45) is 1.98. The number of urea groups is 1. The monoisotopic (exact) mass is 544 g/mol. The molecule has 7 nitrogen and oxygen atoms in total. The first-order valence-corrected chi connectivity index (χ1v) is 13.6. The number of halogens is 2. The second kappa shape index (κ2) is 12.9. The van der Waals surface area contributed by atoms with Crippen molar-refractivity contribution in [2.24, 2.45) is 0 Å². The number of nitrogens with one attached hydrogen (secondary N) is 4. The van der Waals surface area contributed by atoms with E-state index in [4.69, 9.17) is 0 Å². The quantitative estimate of drug-likeness (QED) is 0.329. The van der Waals surface area contributed by atoms with Crippen molar-refractivity contribution >= 4 is 11.9 Å². The van der Waals surface area contributed by atoms with E-state index in [9.17, 15) is 23.5 Å². The minimum atomic E-state index is -1.02. The van der Waals surface area contributed by atoms with Crippen molar-refractivity contribution < 1.29 is 23.5 Å². The summed E-state index contributed by atoms with van der Waals surface area (Å²) in [6.45, 7) is 7.98. The molecule has 1 saturated carbocycles. The molecule has 2 aromatic carbocycles. The molecule has 0 saturated heterocycles. The number of hydrogen-bond donors (Lipinski definition) is 5. The fourth-order valence-corrected chi connectivity index (χ4v) is 5.33. The van der Waals surface area contributed by atoms with Gasteiger partial charge in [-0.05, 0) is 66.3 Å². The van der Waals surface area contributed by atoms with Gasteiger partial charge in [-0.2, -0.15) is 0 Å². The van der Waals surface area contributed by atoms with E-state index < -0.39 is 29.3 Å². The Hall–Kier alpha value is -3.04. The molecular weight excluding hydrogens is 502 g/mol. The molecule has 1 aliphatic rings. The molecule has 9 heteroatoms. The largest absolute Gasteiger partial charge is 0.390 e. The van der Waals surface area contributed by atoms with Crippen LogP contribution in [0.2, 0.25) is 0 Å². The van der Waals surface area contributed by atoms with Crippen LogP contribution in [0.25, 0.3) is 0 Å². The molecule has 1 unspecified atom stereocenters. The first-order chi connectivity index (χ1) is 18.3. The molecule has 0 heterocycles. The summed E-state index contributed by atoms with van der Waals surface area (Å²) in [5.41, 5.74) is 2.12. The maximum absolute atomic E-state index is 13.8. The highest BCUT2D eigenvalue weighted by Crippen LogP contribution is 2.39. The van der Waals surface area contributed by atoms with Crippen LogP contribution in [0.1, 0.15) is 70.1 Å². The normalized spacial score (nSPS) is 21.1. The van der Waals surface area contributed by atoms with E-state index in [0.29, 0.717) is 5.56 Å². The van der Waals surface area contributed by atoms with Gasteiger partial charge < -0.3 is 26.4 Å². The summed E-state index contributed by atoms with van der Waals surface area (Å²) >= 11 is 0. The Bertz CT molecular complexity index is 1120. The highest BCUT2D eigenvalue weighted by atomic mass is 19.1. The number of carbonyl (C=O) groups is 2. The van der Waals surface area contributed by atoms with Gasteiger partial charge in [0.15, 0.2) is 0 Å². The Morgan fingerprint density at radius 2 is 1.72 bits per heavy atom. The van der Waals surface area contributed by atoms with Gasteiger partial charge in [0.1, 0.15) is 11.6 Å². The third-order valence-electron chi connectivity index (χ3n) is 7.56. The fourth-order valence-electron chi connectivity index (χ4n) is 5.33. The number of aliphatic hydroxyl groups is 1. The molecular formula is C30H42F2N4O3. The maximum atomic E-state index is 13.8. The summed E-state index contributed by atoms with van der Waals surface area (Å²) in [5, 5.41) is 23.2. The first kappa shape index (κ1) is 30.5. The van der Waals surface area contributed by atoms with Gasteiger partial charge in [0, 0.05) is 38.2 Å². The Labute approximate surface area is 230 Å².